The normalized spacial score (nSPS) is 24.8. The molecule has 13 heteroatoms. The minimum atomic E-state index is -0.637. The molecule has 0 aromatic heterocycles. The van der Waals surface area contributed by atoms with Crippen molar-refractivity contribution in [2.24, 2.45) is 0 Å². The van der Waals surface area contributed by atoms with E-state index in [2.05, 4.69) is 0 Å². The Morgan fingerprint density at radius 2 is 0.750 bits per heavy atom. The molecule has 0 aliphatic carbocycles. The van der Waals surface area contributed by atoms with Crippen LogP contribution in [0.25, 0.3) is 0 Å². The average molecular weight is 587 g/mol. The number of ether oxygens (including phenoxy) is 13. The lowest BCUT2D eigenvalue weighted by Gasteiger charge is -2.29. The minimum absolute atomic E-state index is 0.354. The largest absolute Gasteiger partial charge is 0.382 e. The molecule has 1 unspecified atom stereocenters. The van der Waals surface area contributed by atoms with Crippen LogP contribution in [0.1, 0.15) is 6.92 Å². The maximum absolute atomic E-state index is 6.08. The van der Waals surface area contributed by atoms with Crippen LogP contribution in [0.4, 0.5) is 0 Å². The monoisotopic (exact) mass is 586 g/mol. The van der Waals surface area contributed by atoms with Gasteiger partial charge in [0, 0.05) is 7.11 Å². The molecule has 1 rings (SSSR count). The predicted octanol–water partition coefficient (Wildman–Crippen LogP) is 0.604. The molecule has 1 saturated heterocycles. The molecule has 1 heterocycles. The maximum atomic E-state index is 6.08. The van der Waals surface area contributed by atoms with Crippen LogP contribution < -0.4 is 0 Å². The Balaban J connectivity index is 2.31. The first-order valence-corrected chi connectivity index (χ1v) is 14.2. The first kappa shape index (κ1) is 37.5. The molecule has 1 aliphatic heterocycles. The third kappa shape index (κ3) is 26.4. The summed E-state index contributed by atoms with van der Waals surface area (Å²) in [4.78, 5) is 0. The topological polar surface area (TPSA) is 120 Å². The van der Waals surface area contributed by atoms with E-state index in [1.165, 1.54) is 0 Å². The van der Waals surface area contributed by atoms with Gasteiger partial charge in [0.25, 0.3) is 0 Å². The van der Waals surface area contributed by atoms with Gasteiger partial charge < -0.3 is 61.6 Å². The first-order chi connectivity index (χ1) is 19.8. The SMILES string of the molecule is COCCOCCOCC1(C)COCCOCCOCCOCCOCCOCCOCCOCCOCCO1. The third-order valence-electron chi connectivity index (χ3n) is 5.27. The molecule has 240 valence electrons. The molecule has 13 nitrogen and oxygen atoms in total. The Kier molecular flexibility index (Phi) is 28.1. The molecular formula is C27H54O13. The van der Waals surface area contributed by atoms with Gasteiger partial charge in [-0.1, -0.05) is 0 Å². The van der Waals surface area contributed by atoms with Crippen molar-refractivity contribution in [3.05, 3.63) is 0 Å². The van der Waals surface area contributed by atoms with Crippen molar-refractivity contribution in [2.45, 2.75) is 12.5 Å². The summed E-state index contributed by atoms with van der Waals surface area (Å²) in [6.45, 7) is 13.5. The zero-order chi connectivity index (χ0) is 28.7. The molecule has 1 atom stereocenters. The lowest BCUT2D eigenvalue weighted by Crippen LogP contribution is -2.41. The number of hydrogen-bond donors (Lipinski definition) is 0. The van der Waals surface area contributed by atoms with Crippen LogP contribution in [0.3, 0.4) is 0 Å². The van der Waals surface area contributed by atoms with Crippen molar-refractivity contribution >= 4 is 0 Å². The van der Waals surface area contributed by atoms with Crippen molar-refractivity contribution in [1.82, 2.24) is 0 Å². The van der Waals surface area contributed by atoms with E-state index in [1.54, 1.807) is 7.11 Å². The second-order valence-electron chi connectivity index (χ2n) is 8.91. The highest BCUT2D eigenvalue weighted by Gasteiger charge is 2.26. The zero-order valence-electron chi connectivity index (χ0n) is 24.8. The second-order valence-corrected chi connectivity index (χ2v) is 8.91. The Morgan fingerprint density at radius 3 is 1.15 bits per heavy atom. The number of rotatable bonds is 8. The summed E-state index contributed by atoms with van der Waals surface area (Å²) < 4.78 is 72.3. The molecule has 0 spiro atoms. The molecule has 0 aromatic rings. The fourth-order valence-corrected chi connectivity index (χ4v) is 3.17. The first-order valence-electron chi connectivity index (χ1n) is 14.2. The van der Waals surface area contributed by atoms with Gasteiger partial charge in [0.15, 0.2) is 0 Å². The molecule has 0 N–H and O–H groups in total. The fraction of sp³-hybridized carbons (Fsp3) is 1.00. The van der Waals surface area contributed by atoms with Crippen molar-refractivity contribution in [3.8, 4) is 0 Å². The Bertz CT molecular complexity index is 471. The van der Waals surface area contributed by atoms with E-state index in [1.807, 2.05) is 6.92 Å². The van der Waals surface area contributed by atoms with Crippen LogP contribution in [0.15, 0.2) is 0 Å². The van der Waals surface area contributed by atoms with Gasteiger partial charge in [-0.2, -0.15) is 0 Å². The molecule has 0 saturated carbocycles. The lowest BCUT2D eigenvalue weighted by atomic mass is 10.1. The summed E-state index contributed by atoms with van der Waals surface area (Å²) in [6, 6.07) is 0. The summed E-state index contributed by atoms with van der Waals surface area (Å²) in [5.41, 5.74) is -0.637. The van der Waals surface area contributed by atoms with Crippen molar-refractivity contribution in [1.29, 1.82) is 0 Å². The maximum Gasteiger partial charge on any atom is 0.112 e. The standard InChI is InChI=1S/C27H54O13/c1-27(25-38-21-19-29-4-3-28-2)26-39-22-20-36-16-15-34-12-11-32-8-7-30-5-6-31-9-10-33-13-14-35-17-18-37-23-24-40-27/h3-26H2,1-2H3. The highest BCUT2D eigenvalue weighted by Crippen LogP contribution is 2.12. The van der Waals surface area contributed by atoms with Crippen LogP contribution in [0.5, 0.6) is 0 Å². The van der Waals surface area contributed by atoms with Crippen LogP contribution in [-0.4, -0.2) is 171 Å². The van der Waals surface area contributed by atoms with Crippen LogP contribution in [0.2, 0.25) is 0 Å². The van der Waals surface area contributed by atoms with E-state index < -0.39 is 5.60 Å². The lowest BCUT2D eigenvalue weighted by molar-refractivity contribution is -0.141. The summed E-state index contributed by atoms with van der Waals surface area (Å²) in [5.74, 6) is 0. The molecule has 1 fully saturated rings. The quantitative estimate of drug-likeness (QED) is 0.370. The molecular weight excluding hydrogens is 532 g/mol. The van der Waals surface area contributed by atoms with E-state index in [0.29, 0.717) is 159 Å². The third-order valence-corrected chi connectivity index (χ3v) is 5.27. The highest BCUT2D eigenvalue weighted by atomic mass is 16.6. The average Bonchev–Trinajstić information content (AvgIpc) is 2.95. The van der Waals surface area contributed by atoms with Crippen molar-refractivity contribution in [3.63, 3.8) is 0 Å². The minimum Gasteiger partial charge on any atom is -0.382 e. The molecule has 0 aromatic carbocycles. The van der Waals surface area contributed by atoms with Crippen molar-refractivity contribution in [2.75, 3.05) is 166 Å². The summed E-state index contributed by atoms with van der Waals surface area (Å²) >= 11 is 0. The van der Waals surface area contributed by atoms with Gasteiger partial charge in [-0.25, -0.2) is 0 Å². The van der Waals surface area contributed by atoms with Gasteiger partial charge in [0.05, 0.1) is 159 Å². The van der Waals surface area contributed by atoms with Crippen molar-refractivity contribution < 1.29 is 61.6 Å². The second kappa shape index (κ2) is 30.0. The van der Waals surface area contributed by atoms with Crippen LogP contribution in [-0.2, 0) is 61.6 Å². The van der Waals surface area contributed by atoms with E-state index in [9.17, 15) is 0 Å². The molecule has 0 amide bonds. The summed E-state index contributed by atoms with van der Waals surface area (Å²) in [5, 5.41) is 0. The van der Waals surface area contributed by atoms with Gasteiger partial charge in [-0.3, -0.25) is 0 Å². The predicted molar refractivity (Wildman–Crippen MR) is 145 cm³/mol. The van der Waals surface area contributed by atoms with Gasteiger partial charge in [-0.05, 0) is 6.92 Å². The highest BCUT2D eigenvalue weighted by molar-refractivity contribution is 4.74. The Hall–Kier alpha value is -0.520. The van der Waals surface area contributed by atoms with Gasteiger partial charge in [-0.15, -0.1) is 0 Å². The van der Waals surface area contributed by atoms with E-state index in [4.69, 9.17) is 61.6 Å². The fourth-order valence-electron chi connectivity index (χ4n) is 3.17. The Labute approximate surface area is 240 Å². The summed E-state index contributed by atoms with van der Waals surface area (Å²) in [6.07, 6.45) is 0. The smallest absolute Gasteiger partial charge is 0.112 e. The van der Waals surface area contributed by atoms with Crippen LogP contribution in [0, 0.1) is 0 Å². The molecule has 0 radical (unpaired) electrons. The van der Waals surface area contributed by atoms with E-state index in [-0.39, 0.29) is 0 Å². The van der Waals surface area contributed by atoms with Gasteiger partial charge >= 0.3 is 0 Å². The summed E-state index contributed by atoms with van der Waals surface area (Å²) in [7, 11) is 1.64. The number of methoxy groups -OCH3 is 1. The van der Waals surface area contributed by atoms with E-state index in [0.717, 1.165) is 0 Å². The van der Waals surface area contributed by atoms with Crippen LogP contribution >= 0.6 is 0 Å². The number of hydrogen-bond acceptors (Lipinski definition) is 13. The van der Waals surface area contributed by atoms with Gasteiger partial charge in [0.1, 0.15) is 5.60 Å². The molecule has 1 aliphatic rings. The van der Waals surface area contributed by atoms with Gasteiger partial charge in [0.2, 0.25) is 0 Å². The molecule has 0 bridgehead atoms. The van der Waals surface area contributed by atoms with E-state index >= 15 is 0 Å². The molecule has 40 heavy (non-hydrogen) atoms. The zero-order valence-corrected chi connectivity index (χ0v) is 24.8. The Morgan fingerprint density at radius 1 is 0.425 bits per heavy atom.